The summed E-state index contributed by atoms with van der Waals surface area (Å²) in [7, 11) is 0. The Balaban J connectivity index is 3.46. The van der Waals surface area contributed by atoms with Gasteiger partial charge in [0.05, 0.1) is 0 Å². The SMILES string of the molecule is CCC(C)[C](=O)[AlH][CH3]. The molecule has 0 aromatic heterocycles. The van der Waals surface area contributed by atoms with Crippen LogP contribution in [0.1, 0.15) is 20.3 Å². The van der Waals surface area contributed by atoms with E-state index < -0.39 is 0 Å². The van der Waals surface area contributed by atoms with Gasteiger partial charge < -0.3 is 4.79 Å². The summed E-state index contributed by atoms with van der Waals surface area (Å²) in [5.74, 6) is 2.39. The minimum Gasteiger partial charge on any atom is -0.321 e. The summed E-state index contributed by atoms with van der Waals surface area (Å²) in [6.45, 7) is 4.07. The highest BCUT2D eigenvalue weighted by atomic mass is 27.1. The predicted molar refractivity (Wildman–Crippen MR) is 37.5 cm³/mol. The Kier molecular flexibility index (Phi) is 4.22. The lowest BCUT2D eigenvalue weighted by molar-refractivity contribution is -0.115. The summed E-state index contributed by atoms with van der Waals surface area (Å²) >= 11 is -0.359. The molecule has 1 nitrogen and oxygen atoms in total. The van der Waals surface area contributed by atoms with Gasteiger partial charge in [0.1, 0.15) is 0 Å². The average molecular weight is 128 g/mol. The molecular weight excluding hydrogens is 115 g/mol. The van der Waals surface area contributed by atoms with Crippen molar-refractivity contribution in [3.05, 3.63) is 0 Å². The van der Waals surface area contributed by atoms with Gasteiger partial charge in [-0.25, -0.2) is 0 Å². The quantitative estimate of drug-likeness (QED) is 0.519. The molecule has 0 radical (unpaired) electrons. The van der Waals surface area contributed by atoms with Crippen LogP contribution in [-0.4, -0.2) is 19.9 Å². The Morgan fingerprint density at radius 2 is 2.25 bits per heavy atom. The van der Waals surface area contributed by atoms with Crippen LogP contribution >= 0.6 is 0 Å². The van der Waals surface area contributed by atoms with E-state index in [0.29, 0.717) is 10.6 Å². The maximum atomic E-state index is 10.8. The molecule has 0 saturated heterocycles. The summed E-state index contributed by atoms with van der Waals surface area (Å²) < 4.78 is 0.521. The van der Waals surface area contributed by atoms with Gasteiger partial charge in [-0.15, -0.1) is 5.79 Å². The third kappa shape index (κ3) is 2.50. The van der Waals surface area contributed by atoms with E-state index in [4.69, 9.17) is 0 Å². The second-order valence-electron chi connectivity index (χ2n) is 2.13. The van der Waals surface area contributed by atoms with E-state index in [0.717, 1.165) is 6.42 Å². The molecule has 0 amide bonds. The summed E-state index contributed by atoms with van der Waals surface area (Å²) in [6, 6.07) is 0. The van der Waals surface area contributed by atoms with Gasteiger partial charge in [-0.2, -0.15) is 0 Å². The number of rotatable bonds is 3. The molecule has 0 fully saturated rings. The van der Waals surface area contributed by atoms with Crippen molar-refractivity contribution in [1.29, 1.82) is 0 Å². The van der Waals surface area contributed by atoms with Crippen LogP contribution in [0.5, 0.6) is 0 Å². The molecule has 1 unspecified atom stereocenters. The van der Waals surface area contributed by atoms with Crippen molar-refractivity contribution in [2.24, 2.45) is 5.92 Å². The summed E-state index contributed by atoms with van der Waals surface area (Å²) in [5, 5.41) is 0. The molecule has 0 N–H and O–H groups in total. The van der Waals surface area contributed by atoms with Gasteiger partial charge in [0.15, 0.2) is 0 Å². The summed E-state index contributed by atoms with van der Waals surface area (Å²) in [5.41, 5.74) is 0. The highest BCUT2D eigenvalue weighted by Crippen LogP contribution is 1.99. The Morgan fingerprint density at radius 1 is 1.75 bits per heavy atom. The van der Waals surface area contributed by atoms with Crippen LogP contribution < -0.4 is 0 Å². The van der Waals surface area contributed by atoms with Crippen LogP contribution in [0.3, 0.4) is 0 Å². The average Bonchev–Trinajstić information content (AvgIpc) is 1.84. The molecule has 0 aliphatic heterocycles. The van der Waals surface area contributed by atoms with E-state index in [1.165, 1.54) is 0 Å². The minimum atomic E-state index is -0.359. The lowest BCUT2D eigenvalue weighted by Gasteiger charge is -2.02. The fourth-order valence-electron chi connectivity index (χ4n) is 0.576. The molecule has 2 heteroatoms. The molecule has 8 heavy (non-hydrogen) atoms. The molecule has 0 heterocycles. The van der Waals surface area contributed by atoms with Crippen molar-refractivity contribution >= 4 is 19.9 Å². The standard InChI is InChI=1S/C5H9O.CH3.Al.H/c1-3-5(2)4-6;;;/h5H,3H2,1-2H3;1H3;;. The minimum absolute atomic E-state index is 0.340. The molecule has 0 spiro atoms. The predicted octanol–water partition coefficient (Wildman–Crippen LogP) is 1.04. The van der Waals surface area contributed by atoms with E-state index in [1.54, 1.807) is 0 Å². The zero-order chi connectivity index (χ0) is 6.57. The van der Waals surface area contributed by atoms with E-state index in [9.17, 15) is 4.79 Å². The Hall–Kier alpha value is 0.202. The first-order chi connectivity index (χ1) is 3.72. The maximum Gasteiger partial charge on any atom is 0.339 e. The fraction of sp³-hybridized carbons (Fsp3) is 0.833. The first-order valence-corrected chi connectivity index (χ1v) is 5.37. The van der Waals surface area contributed by atoms with Crippen LogP contribution in [0.4, 0.5) is 0 Å². The van der Waals surface area contributed by atoms with Crippen molar-refractivity contribution in [2.75, 3.05) is 0 Å². The lowest BCUT2D eigenvalue weighted by Crippen LogP contribution is -2.14. The van der Waals surface area contributed by atoms with E-state index >= 15 is 0 Å². The molecule has 0 bridgehead atoms. The molecule has 1 atom stereocenters. The third-order valence-corrected chi connectivity index (χ3v) is 2.90. The normalized spacial score (nSPS) is 12.9. The van der Waals surface area contributed by atoms with E-state index in [1.807, 2.05) is 6.92 Å². The van der Waals surface area contributed by atoms with Crippen molar-refractivity contribution in [3.63, 3.8) is 0 Å². The molecule has 0 aliphatic carbocycles. The first-order valence-electron chi connectivity index (χ1n) is 3.25. The van der Waals surface area contributed by atoms with Gasteiger partial charge in [-0.05, 0) is 12.3 Å². The number of carbonyl (C=O) groups is 1. The largest absolute Gasteiger partial charge is 0.339 e. The third-order valence-electron chi connectivity index (χ3n) is 1.51. The van der Waals surface area contributed by atoms with Crippen LogP contribution in [0.2, 0.25) is 5.79 Å². The Bertz CT molecular complexity index is 80.6. The van der Waals surface area contributed by atoms with Gasteiger partial charge in [-0.3, -0.25) is 0 Å². The molecule has 46 valence electrons. The monoisotopic (exact) mass is 128 g/mol. The van der Waals surface area contributed by atoms with Gasteiger partial charge in [0.2, 0.25) is 0 Å². The van der Waals surface area contributed by atoms with Gasteiger partial charge in [0.25, 0.3) is 0 Å². The zero-order valence-electron chi connectivity index (χ0n) is 5.90. The number of hydrogen-bond acceptors (Lipinski definition) is 1. The molecular formula is C6H13AlO. The Labute approximate surface area is 57.2 Å². The second kappa shape index (κ2) is 4.12. The van der Waals surface area contributed by atoms with Crippen LogP contribution in [0.15, 0.2) is 0 Å². The smallest absolute Gasteiger partial charge is 0.321 e. The molecule has 0 aliphatic rings. The second-order valence-corrected chi connectivity index (χ2v) is 3.53. The van der Waals surface area contributed by atoms with Gasteiger partial charge in [0, 0.05) is 4.65 Å². The van der Waals surface area contributed by atoms with Crippen molar-refractivity contribution in [2.45, 2.75) is 26.1 Å². The summed E-state index contributed by atoms with van der Waals surface area (Å²) in [4.78, 5) is 10.8. The maximum absolute atomic E-state index is 10.8. The van der Waals surface area contributed by atoms with Crippen molar-refractivity contribution in [3.8, 4) is 0 Å². The topological polar surface area (TPSA) is 17.1 Å². The van der Waals surface area contributed by atoms with E-state index in [-0.39, 0.29) is 15.2 Å². The van der Waals surface area contributed by atoms with Crippen molar-refractivity contribution in [1.82, 2.24) is 0 Å². The zero-order valence-corrected chi connectivity index (χ0v) is 7.31. The van der Waals surface area contributed by atoms with Gasteiger partial charge >= 0.3 is 15.2 Å². The molecule has 0 saturated carbocycles. The molecule has 0 aromatic rings. The van der Waals surface area contributed by atoms with Crippen LogP contribution in [0, 0.1) is 5.92 Å². The highest BCUT2D eigenvalue weighted by Gasteiger charge is 2.07. The van der Waals surface area contributed by atoms with Crippen LogP contribution in [-0.2, 0) is 4.79 Å². The first kappa shape index (κ1) is 8.20. The summed E-state index contributed by atoms with van der Waals surface area (Å²) in [6.07, 6.45) is 1.01. The Morgan fingerprint density at radius 3 is 2.38 bits per heavy atom. The number of hydrogen-bond donors (Lipinski definition) is 0. The van der Waals surface area contributed by atoms with Gasteiger partial charge in [-0.1, -0.05) is 13.8 Å². The fourth-order valence-corrected chi connectivity index (χ4v) is 1.56. The van der Waals surface area contributed by atoms with E-state index in [2.05, 4.69) is 12.7 Å². The number of carbonyl (C=O) groups excluding carboxylic acids is 1. The molecule has 0 rings (SSSR count). The van der Waals surface area contributed by atoms with Crippen molar-refractivity contribution < 1.29 is 4.79 Å². The molecule has 0 aromatic carbocycles. The highest BCUT2D eigenvalue weighted by molar-refractivity contribution is 6.73. The lowest BCUT2D eigenvalue weighted by atomic mass is 10.1. The van der Waals surface area contributed by atoms with Crippen LogP contribution in [0.25, 0.3) is 0 Å².